The highest BCUT2D eigenvalue weighted by Gasteiger charge is 2.27. The van der Waals surface area contributed by atoms with Gasteiger partial charge in [0, 0.05) is 18.0 Å². The van der Waals surface area contributed by atoms with Crippen molar-refractivity contribution in [2.45, 2.75) is 38.1 Å². The number of anilines is 1. The SMILES string of the molecule is CC1=C(c2cc(CN)ccc2NS(=O)(=O)c2ccc(C)cc2)C(C=O)CC1. The molecule has 0 radical (unpaired) electrons. The number of rotatable bonds is 6. The van der Waals surface area contributed by atoms with Crippen molar-refractivity contribution in [3.05, 3.63) is 64.7 Å². The summed E-state index contributed by atoms with van der Waals surface area (Å²) in [6.45, 7) is 4.24. The largest absolute Gasteiger partial charge is 0.326 e. The van der Waals surface area contributed by atoms with Crippen LogP contribution >= 0.6 is 0 Å². The molecule has 5 nitrogen and oxygen atoms in total. The Labute approximate surface area is 160 Å². The summed E-state index contributed by atoms with van der Waals surface area (Å²) in [5.41, 5.74) is 10.9. The number of nitrogens with two attached hydrogens (primary N) is 1. The molecule has 0 fully saturated rings. The topological polar surface area (TPSA) is 89.3 Å². The quantitative estimate of drug-likeness (QED) is 0.744. The van der Waals surface area contributed by atoms with Gasteiger partial charge in [-0.1, -0.05) is 29.3 Å². The number of nitrogens with one attached hydrogen (secondary N) is 1. The van der Waals surface area contributed by atoms with E-state index in [1.807, 2.05) is 19.9 Å². The monoisotopic (exact) mass is 384 g/mol. The van der Waals surface area contributed by atoms with Crippen LogP contribution in [0, 0.1) is 12.8 Å². The molecular weight excluding hydrogens is 360 g/mol. The molecule has 6 heteroatoms. The van der Waals surface area contributed by atoms with Gasteiger partial charge in [-0.05, 0) is 62.1 Å². The Morgan fingerprint density at radius 1 is 1.15 bits per heavy atom. The summed E-state index contributed by atoms with van der Waals surface area (Å²) in [6, 6.07) is 12.1. The standard InChI is InChI=1S/C21H24N2O3S/c1-14-3-8-18(9-4-14)27(25,26)23-20-10-6-16(12-22)11-19(20)21-15(2)5-7-17(21)13-24/h3-4,6,8-11,13,17,23H,5,7,12,22H2,1-2H3. The summed E-state index contributed by atoms with van der Waals surface area (Å²) < 4.78 is 28.4. The summed E-state index contributed by atoms with van der Waals surface area (Å²) in [5, 5.41) is 0. The first kappa shape index (κ1) is 19.3. The van der Waals surface area contributed by atoms with Gasteiger partial charge < -0.3 is 10.5 Å². The molecule has 3 rings (SSSR count). The summed E-state index contributed by atoms with van der Waals surface area (Å²) in [7, 11) is -3.74. The van der Waals surface area contributed by atoms with Crippen molar-refractivity contribution in [3.63, 3.8) is 0 Å². The highest BCUT2D eigenvalue weighted by atomic mass is 32.2. The van der Waals surface area contributed by atoms with Gasteiger partial charge in [0.1, 0.15) is 6.29 Å². The second kappa shape index (κ2) is 7.66. The van der Waals surface area contributed by atoms with Crippen LogP contribution < -0.4 is 10.5 Å². The molecule has 0 spiro atoms. The van der Waals surface area contributed by atoms with Crippen molar-refractivity contribution in [1.82, 2.24) is 0 Å². The third kappa shape index (κ3) is 3.96. The van der Waals surface area contributed by atoms with Gasteiger partial charge in [-0.3, -0.25) is 4.72 Å². The van der Waals surface area contributed by atoms with Crippen molar-refractivity contribution in [1.29, 1.82) is 0 Å². The average molecular weight is 385 g/mol. The summed E-state index contributed by atoms with van der Waals surface area (Å²) in [4.78, 5) is 11.7. The van der Waals surface area contributed by atoms with Crippen molar-refractivity contribution in [3.8, 4) is 0 Å². The molecule has 27 heavy (non-hydrogen) atoms. The van der Waals surface area contributed by atoms with Crippen molar-refractivity contribution in [2.24, 2.45) is 11.7 Å². The first-order chi connectivity index (χ1) is 12.9. The van der Waals surface area contributed by atoms with Crippen LogP contribution in [0.5, 0.6) is 0 Å². The zero-order valence-corrected chi connectivity index (χ0v) is 16.3. The maximum Gasteiger partial charge on any atom is 0.261 e. The predicted octanol–water partition coefficient (Wildman–Crippen LogP) is 3.64. The lowest BCUT2D eigenvalue weighted by Gasteiger charge is -2.18. The number of allylic oxidation sites excluding steroid dienone is 2. The number of carbonyl (C=O) groups is 1. The Bertz CT molecular complexity index is 993. The molecular formula is C21H24N2O3S. The van der Waals surface area contributed by atoms with Gasteiger partial charge in [0.25, 0.3) is 10.0 Å². The number of hydrogen-bond acceptors (Lipinski definition) is 4. The predicted molar refractivity (Wildman–Crippen MR) is 108 cm³/mol. The third-order valence-electron chi connectivity index (χ3n) is 5.01. The number of aldehydes is 1. The molecule has 0 bridgehead atoms. The van der Waals surface area contributed by atoms with Gasteiger partial charge >= 0.3 is 0 Å². The van der Waals surface area contributed by atoms with E-state index >= 15 is 0 Å². The number of aryl methyl sites for hydroxylation is 1. The van der Waals surface area contributed by atoms with E-state index in [-0.39, 0.29) is 10.8 Å². The first-order valence-corrected chi connectivity index (χ1v) is 10.4. The van der Waals surface area contributed by atoms with E-state index in [4.69, 9.17) is 5.73 Å². The lowest BCUT2D eigenvalue weighted by atomic mass is 9.92. The summed E-state index contributed by atoms with van der Waals surface area (Å²) >= 11 is 0. The third-order valence-corrected chi connectivity index (χ3v) is 6.39. The Balaban J connectivity index is 2.07. The van der Waals surface area contributed by atoms with E-state index in [0.29, 0.717) is 12.2 Å². The summed E-state index contributed by atoms with van der Waals surface area (Å²) in [5.74, 6) is -0.222. The second-order valence-electron chi connectivity index (χ2n) is 6.98. The zero-order valence-electron chi connectivity index (χ0n) is 15.5. The number of sulfonamides is 1. The highest BCUT2D eigenvalue weighted by molar-refractivity contribution is 7.92. The molecule has 142 valence electrons. The molecule has 1 atom stereocenters. The molecule has 0 amide bonds. The van der Waals surface area contributed by atoms with Crippen LogP contribution in [0.25, 0.3) is 5.57 Å². The van der Waals surface area contributed by atoms with Crippen LogP contribution in [0.15, 0.2) is 52.9 Å². The minimum Gasteiger partial charge on any atom is -0.326 e. The van der Waals surface area contributed by atoms with Crippen LogP contribution in [0.3, 0.4) is 0 Å². The summed E-state index contributed by atoms with van der Waals surface area (Å²) in [6.07, 6.45) is 2.52. The van der Waals surface area contributed by atoms with Gasteiger partial charge in [0.05, 0.1) is 10.6 Å². The van der Waals surface area contributed by atoms with E-state index in [2.05, 4.69) is 4.72 Å². The van der Waals surface area contributed by atoms with Gasteiger partial charge in [-0.2, -0.15) is 0 Å². The van der Waals surface area contributed by atoms with E-state index in [1.165, 1.54) is 0 Å². The lowest BCUT2D eigenvalue weighted by Crippen LogP contribution is -2.15. The minimum atomic E-state index is -3.74. The number of hydrogen-bond donors (Lipinski definition) is 2. The molecule has 0 aliphatic heterocycles. The molecule has 0 saturated heterocycles. The van der Waals surface area contributed by atoms with Crippen molar-refractivity contribution in [2.75, 3.05) is 4.72 Å². The molecule has 3 N–H and O–H groups in total. The maximum absolute atomic E-state index is 12.8. The van der Waals surface area contributed by atoms with E-state index < -0.39 is 10.0 Å². The zero-order chi connectivity index (χ0) is 19.6. The van der Waals surface area contributed by atoms with Crippen LogP contribution in [-0.2, 0) is 21.4 Å². The normalized spacial score (nSPS) is 17.2. The van der Waals surface area contributed by atoms with Gasteiger partial charge in [0.2, 0.25) is 0 Å². The van der Waals surface area contributed by atoms with Crippen LogP contribution in [0.4, 0.5) is 5.69 Å². The number of carbonyl (C=O) groups excluding carboxylic acids is 1. The average Bonchev–Trinajstić information content (AvgIpc) is 3.02. The van der Waals surface area contributed by atoms with Crippen LogP contribution in [0.1, 0.15) is 36.5 Å². The molecule has 2 aromatic rings. The van der Waals surface area contributed by atoms with E-state index in [0.717, 1.165) is 47.0 Å². The van der Waals surface area contributed by atoms with E-state index in [9.17, 15) is 13.2 Å². The highest BCUT2D eigenvalue weighted by Crippen LogP contribution is 2.41. The molecule has 0 aromatic heterocycles. The first-order valence-electron chi connectivity index (χ1n) is 8.93. The molecule has 2 aromatic carbocycles. The van der Waals surface area contributed by atoms with E-state index in [1.54, 1.807) is 36.4 Å². The minimum absolute atomic E-state index is 0.200. The Hall–Kier alpha value is -2.44. The molecule has 1 unspecified atom stereocenters. The molecule has 0 heterocycles. The second-order valence-corrected chi connectivity index (χ2v) is 8.66. The molecule has 1 aliphatic carbocycles. The molecule has 0 saturated carbocycles. The van der Waals surface area contributed by atoms with Crippen molar-refractivity contribution >= 4 is 27.6 Å². The van der Waals surface area contributed by atoms with Gasteiger partial charge in [-0.25, -0.2) is 8.42 Å². The maximum atomic E-state index is 12.8. The Kier molecular flexibility index (Phi) is 5.48. The fourth-order valence-electron chi connectivity index (χ4n) is 3.48. The van der Waals surface area contributed by atoms with Gasteiger partial charge in [-0.15, -0.1) is 0 Å². The number of benzene rings is 2. The fraction of sp³-hybridized carbons (Fsp3) is 0.286. The Morgan fingerprint density at radius 3 is 2.48 bits per heavy atom. The lowest BCUT2D eigenvalue weighted by molar-refractivity contribution is -0.109. The van der Waals surface area contributed by atoms with Crippen LogP contribution in [0.2, 0.25) is 0 Å². The van der Waals surface area contributed by atoms with Crippen LogP contribution in [-0.4, -0.2) is 14.7 Å². The van der Waals surface area contributed by atoms with Gasteiger partial charge in [0.15, 0.2) is 0 Å². The van der Waals surface area contributed by atoms with Crippen molar-refractivity contribution < 1.29 is 13.2 Å². The molecule has 1 aliphatic rings. The Morgan fingerprint density at radius 2 is 1.85 bits per heavy atom. The fourth-order valence-corrected chi connectivity index (χ4v) is 4.56. The smallest absolute Gasteiger partial charge is 0.261 e.